The van der Waals surface area contributed by atoms with E-state index in [0.717, 1.165) is 42.3 Å². The molecule has 1 saturated heterocycles. The molecule has 1 aliphatic rings. The SMILES string of the molecule is COCc1nc([C@@H]2CCCCN2Cc2ccccc2C#N)n[nH]1. The first kappa shape index (κ1) is 15.7. The minimum Gasteiger partial charge on any atom is -0.377 e. The van der Waals surface area contributed by atoms with Crippen LogP contribution in [-0.4, -0.2) is 33.7 Å². The Balaban J connectivity index is 1.79. The van der Waals surface area contributed by atoms with Crippen molar-refractivity contribution in [2.75, 3.05) is 13.7 Å². The average molecular weight is 311 g/mol. The van der Waals surface area contributed by atoms with Crippen molar-refractivity contribution in [3.05, 3.63) is 47.0 Å². The molecule has 2 heterocycles. The number of nitrogens with one attached hydrogen (secondary N) is 1. The van der Waals surface area contributed by atoms with Crippen molar-refractivity contribution >= 4 is 0 Å². The van der Waals surface area contributed by atoms with Gasteiger partial charge in [0.15, 0.2) is 11.6 Å². The quantitative estimate of drug-likeness (QED) is 0.918. The van der Waals surface area contributed by atoms with Crippen molar-refractivity contribution in [1.29, 1.82) is 5.26 Å². The van der Waals surface area contributed by atoms with Gasteiger partial charge in [-0.1, -0.05) is 24.6 Å². The van der Waals surface area contributed by atoms with E-state index in [2.05, 4.69) is 26.2 Å². The van der Waals surface area contributed by atoms with Crippen LogP contribution >= 0.6 is 0 Å². The molecule has 0 unspecified atom stereocenters. The van der Waals surface area contributed by atoms with E-state index in [9.17, 15) is 5.26 Å². The molecular formula is C17H21N5O. The molecule has 1 fully saturated rings. The summed E-state index contributed by atoms with van der Waals surface area (Å²) in [7, 11) is 1.65. The van der Waals surface area contributed by atoms with Crippen molar-refractivity contribution < 1.29 is 4.74 Å². The zero-order valence-corrected chi connectivity index (χ0v) is 13.3. The molecule has 6 heteroatoms. The molecule has 0 amide bonds. The maximum Gasteiger partial charge on any atom is 0.167 e. The molecule has 0 saturated carbocycles. The topological polar surface area (TPSA) is 77.8 Å². The van der Waals surface area contributed by atoms with Gasteiger partial charge in [-0.25, -0.2) is 4.98 Å². The van der Waals surface area contributed by atoms with E-state index in [0.29, 0.717) is 6.61 Å². The molecule has 0 bridgehead atoms. The Bertz CT molecular complexity index is 690. The van der Waals surface area contributed by atoms with E-state index in [1.807, 2.05) is 24.3 Å². The number of ether oxygens (including phenoxy) is 1. The lowest BCUT2D eigenvalue weighted by atomic mass is 9.99. The fourth-order valence-electron chi connectivity index (χ4n) is 3.12. The molecule has 120 valence electrons. The summed E-state index contributed by atoms with van der Waals surface area (Å²) in [4.78, 5) is 6.93. The van der Waals surface area contributed by atoms with Gasteiger partial charge in [0.1, 0.15) is 6.61 Å². The summed E-state index contributed by atoms with van der Waals surface area (Å²) in [5.41, 5.74) is 1.81. The number of likely N-dealkylation sites (tertiary alicyclic amines) is 1. The first-order valence-corrected chi connectivity index (χ1v) is 7.94. The second-order valence-electron chi connectivity index (χ2n) is 5.82. The highest BCUT2D eigenvalue weighted by Gasteiger charge is 2.27. The second-order valence-corrected chi connectivity index (χ2v) is 5.82. The lowest BCUT2D eigenvalue weighted by Gasteiger charge is -2.34. The Hall–Kier alpha value is -2.23. The van der Waals surface area contributed by atoms with Gasteiger partial charge in [0.05, 0.1) is 17.7 Å². The smallest absolute Gasteiger partial charge is 0.167 e. The number of piperidine rings is 1. The Morgan fingerprint density at radius 3 is 3.09 bits per heavy atom. The van der Waals surface area contributed by atoms with Crippen LogP contribution in [0.4, 0.5) is 0 Å². The van der Waals surface area contributed by atoms with Crippen molar-refractivity contribution in [2.24, 2.45) is 0 Å². The maximum atomic E-state index is 9.28. The third-order valence-electron chi connectivity index (χ3n) is 4.25. The molecule has 1 N–H and O–H groups in total. The van der Waals surface area contributed by atoms with Gasteiger partial charge in [0.25, 0.3) is 0 Å². The number of aromatic nitrogens is 3. The van der Waals surface area contributed by atoms with Crippen LogP contribution in [0.25, 0.3) is 0 Å². The third-order valence-corrected chi connectivity index (χ3v) is 4.25. The van der Waals surface area contributed by atoms with Crippen LogP contribution in [0.5, 0.6) is 0 Å². The molecule has 0 radical (unpaired) electrons. The summed E-state index contributed by atoms with van der Waals surface area (Å²) in [5, 5.41) is 16.6. The Morgan fingerprint density at radius 1 is 1.39 bits per heavy atom. The molecule has 0 aliphatic carbocycles. The van der Waals surface area contributed by atoms with E-state index >= 15 is 0 Å². The largest absolute Gasteiger partial charge is 0.377 e. The molecule has 6 nitrogen and oxygen atoms in total. The molecule has 1 aromatic carbocycles. The second kappa shape index (κ2) is 7.36. The highest BCUT2D eigenvalue weighted by molar-refractivity contribution is 5.37. The molecule has 1 atom stereocenters. The van der Waals surface area contributed by atoms with Crippen LogP contribution in [0.1, 0.15) is 48.1 Å². The van der Waals surface area contributed by atoms with Crippen LogP contribution < -0.4 is 0 Å². The van der Waals surface area contributed by atoms with E-state index in [-0.39, 0.29) is 6.04 Å². The van der Waals surface area contributed by atoms with Crippen molar-refractivity contribution in [2.45, 2.75) is 38.5 Å². The van der Waals surface area contributed by atoms with Gasteiger partial charge in [-0.3, -0.25) is 10.00 Å². The van der Waals surface area contributed by atoms with E-state index in [1.165, 1.54) is 12.8 Å². The zero-order chi connectivity index (χ0) is 16.1. The first-order chi connectivity index (χ1) is 11.3. The summed E-state index contributed by atoms with van der Waals surface area (Å²) >= 11 is 0. The normalized spacial score (nSPS) is 18.7. The summed E-state index contributed by atoms with van der Waals surface area (Å²) in [6, 6.07) is 10.3. The molecule has 3 rings (SSSR count). The van der Waals surface area contributed by atoms with Gasteiger partial charge in [-0.05, 0) is 31.0 Å². The monoisotopic (exact) mass is 311 g/mol. The van der Waals surface area contributed by atoms with Gasteiger partial charge in [0, 0.05) is 13.7 Å². The molecule has 0 spiro atoms. The predicted molar refractivity (Wildman–Crippen MR) is 85.3 cm³/mol. The van der Waals surface area contributed by atoms with Crippen molar-refractivity contribution in [3.8, 4) is 6.07 Å². The molecule has 23 heavy (non-hydrogen) atoms. The first-order valence-electron chi connectivity index (χ1n) is 7.94. The van der Waals surface area contributed by atoms with Crippen LogP contribution in [0, 0.1) is 11.3 Å². The lowest BCUT2D eigenvalue weighted by molar-refractivity contribution is 0.133. The third kappa shape index (κ3) is 3.58. The van der Waals surface area contributed by atoms with Gasteiger partial charge in [0.2, 0.25) is 0 Å². The van der Waals surface area contributed by atoms with E-state index in [1.54, 1.807) is 7.11 Å². The Kier molecular flexibility index (Phi) is 5.01. The highest BCUT2D eigenvalue weighted by atomic mass is 16.5. The van der Waals surface area contributed by atoms with Gasteiger partial charge < -0.3 is 4.74 Å². The predicted octanol–water partition coefficient (Wildman–Crippen LogP) is 2.55. The fraction of sp³-hybridized carbons (Fsp3) is 0.471. The molecule has 1 aromatic heterocycles. The van der Waals surface area contributed by atoms with Crippen molar-refractivity contribution in [1.82, 2.24) is 20.1 Å². The number of hydrogen-bond donors (Lipinski definition) is 1. The average Bonchev–Trinajstić information content (AvgIpc) is 3.05. The van der Waals surface area contributed by atoms with Gasteiger partial charge in [-0.15, -0.1) is 0 Å². The number of nitriles is 1. The van der Waals surface area contributed by atoms with Gasteiger partial charge in [-0.2, -0.15) is 10.4 Å². The molecule has 1 aliphatic heterocycles. The van der Waals surface area contributed by atoms with Crippen LogP contribution in [0.15, 0.2) is 24.3 Å². The Labute approximate surface area is 136 Å². The van der Waals surface area contributed by atoms with Gasteiger partial charge >= 0.3 is 0 Å². The lowest BCUT2D eigenvalue weighted by Crippen LogP contribution is -2.33. The Morgan fingerprint density at radius 2 is 2.26 bits per heavy atom. The number of nitrogens with zero attached hydrogens (tertiary/aromatic N) is 4. The van der Waals surface area contributed by atoms with E-state index < -0.39 is 0 Å². The zero-order valence-electron chi connectivity index (χ0n) is 13.3. The van der Waals surface area contributed by atoms with Crippen LogP contribution in [0.2, 0.25) is 0 Å². The summed E-state index contributed by atoms with van der Waals surface area (Å²) in [5.74, 6) is 1.58. The number of benzene rings is 1. The molecule has 2 aromatic rings. The van der Waals surface area contributed by atoms with Crippen LogP contribution in [0.3, 0.4) is 0 Å². The number of methoxy groups -OCH3 is 1. The minimum atomic E-state index is 0.192. The number of aromatic amines is 1. The minimum absolute atomic E-state index is 0.192. The fourth-order valence-corrected chi connectivity index (χ4v) is 3.12. The standard InChI is InChI=1S/C17H21N5O/c1-23-12-16-19-17(21-20-16)15-8-4-5-9-22(15)11-14-7-3-2-6-13(14)10-18/h2-3,6-7,15H,4-5,8-9,11-12H2,1H3,(H,19,20,21)/t15-/m0/s1. The summed E-state index contributed by atoms with van der Waals surface area (Å²) in [6.07, 6.45) is 3.38. The van der Waals surface area contributed by atoms with E-state index in [4.69, 9.17) is 4.74 Å². The molecular weight excluding hydrogens is 290 g/mol. The number of hydrogen-bond acceptors (Lipinski definition) is 5. The number of rotatable bonds is 5. The highest BCUT2D eigenvalue weighted by Crippen LogP contribution is 2.30. The number of H-pyrrole nitrogens is 1. The maximum absolute atomic E-state index is 9.28. The summed E-state index contributed by atoms with van der Waals surface area (Å²) < 4.78 is 5.10. The van der Waals surface area contributed by atoms with Crippen LogP contribution in [-0.2, 0) is 17.9 Å². The van der Waals surface area contributed by atoms with Crippen molar-refractivity contribution in [3.63, 3.8) is 0 Å². The summed E-state index contributed by atoms with van der Waals surface area (Å²) in [6.45, 7) is 2.19.